The van der Waals surface area contributed by atoms with Crippen molar-refractivity contribution in [2.45, 2.75) is 33.1 Å². The van der Waals surface area contributed by atoms with Gasteiger partial charge < -0.3 is 5.11 Å². The summed E-state index contributed by atoms with van der Waals surface area (Å²) in [4.78, 5) is 17.0. The minimum absolute atomic E-state index is 0.381. The average Bonchev–Trinajstić information content (AvgIpc) is 3.04. The number of benzene rings is 1. The fourth-order valence-electron chi connectivity index (χ4n) is 2.56. The van der Waals surface area contributed by atoms with Crippen molar-refractivity contribution >= 4 is 22.3 Å². The Kier molecular flexibility index (Phi) is 3.74. The third-order valence-corrected chi connectivity index (χ3v) is 4.91. The van der Waals surface area contributed by atoms with Crippen molar-refractivity contribution in [3.05, 3.63) is 46.6 Å². The highest BCUT2D eigenvalue weighted by molar-refractivity contribution is 7.19. The summed E-state index contributed by atoms with van der Waals surface area (Å²) in [7, 11) is 0. The molecular formula is C17H18N2O2S. The summed E-state index contributed by atoms with van der Waals surface area (Å²) in [5, 5.41) is 9.25. The van der Waals surface area contributed by atoms with Crippen molar-refractivity contribution in [2.75, 3.05) is 0 Å². The molecule has 2 heterocycles. The molecule has 0 atom stereocenters. The Morgan fingerprint density at radius 3 is 2.55 bits per heavy atom. The summed E-state index contributed by atoms with van der Waals surface area (Å²) >= 11 is 1.23. The minimum atomic E-state index is -0.879. The van der Waals surface area contributed by atoms with Crippen LogP contribution in [-0.4, -0.2) is 20.5 Å². The first-order valence-electron chi connectivity index (χ1n) is 7.35. The SMILES string of the molecule is CCc1c(C(=O)O)sc2nc(-c3ccc(C(C)C)cc3)cn12. The van der Waals surface area contributed by atoms with Gasteiger partial charge in [0.05, 0.1) is 5.69 Å². The Morgan fingerprint density at radius 2 is 2.00 bits per heavy atom. The summed E-state index contributed by atoms with van der Waals surface area (Å²) in [6.45, 7) is 6.30. The second kappa shape index (κ2) is 5.57. The number of carboxylic acid groups (broad SMARTS) is 1. The lowest BCUT2D eigenvalue weighted by Gasteiger charge is -2.05. The maximum Gasteiger partial charge on any atom is 0.347 e. The lowest BCUT2D eigenvalue weighted by molar-refractivity contribution is 0.0700. The largest absolute Gasteiger partial charge is 0.477 e. The molecule has 114 valence electrons. The first kappa shape index (κ1) is 14.8. The second-order valence-corrected chi connectivity index (χ2v) is 6.57. The van der Waals surface area contributed by atoms with Gasteiger partial charge in [0.25, 0.3) is 0 Å². The van der Waals surface area contributed by atoms with Crippen LogP contribution < -0.4 is 0 Å². The number of fused-ring (bicyclic) bond motifs is 1. The normalized spacial score (nSPS) is 11.5. The van der Waals surface area contributed by atoms with Crippen LogP contribution in [0.15, 0.2) is 30.5 Å². The highest BCUT2D eigenvalue weighted by Gasteiger charge is 2.18. The molecule has 5 heteroatoms. The van der Waals surface area contributed by atoms with Crippen LogP contribution in [-0.2, 0) is 6.42 Å². The molecule has 0 fully saturated rings. The minimum Gasteiger partial charge on any atom is -0.477 e. The Labute approximate surface area is 133 Å². The summed E-state index contributed by atoms with van der Waals surface area (Å²) in [6, 6.07) is 8.39. The van der Waals surface area contributed by atoms with Gasteiger partial charge in [-0.1, -0.05) is 56.4 Å². The molecule has 4 nitrogen and oxygen atoms in total. The van der Waals surface area contributed by atoms with Gasteiger partial charge in [0.2, 0.25) is 0 Å². The predicted molar refractivity (Wildman–Crippen MR) is 88.9 cm³/mol. The topological polar surface area (TPSA) is 54.6 Å². The molecule has 2 aromatic heterocycles. The molecule has 3 rings (SSSR count). The molecule has 0 aliphatic carbocycles. The number of aromatic carboxylic acids is 1. The van der Waals surface area contributed by atoms with Crippen LogP contribution in [0.25, 0.3) is 16.2 Å². The number of carbonyl (C=O) groups is 1. The van der Waals surface area contributed by atoms with Crippen molar-refractivity contribution in [2.24, 2.45) is 0 Å². The standard InChI is InChI=1S/C17H18N2O2S/c1-4-14-15(16(20)21)22-17-18-13(9-19(14)17)12-7-5-11(6-8-12)10(2)3/h5-10H,4H2,1-3H3,(H,20,21). The molecule has 0 bridgehead atoms. The van der Waals surface area contributed by atoms with E-state index in [0.717, 1.165) is 21.9 Å². The summed E-state index contributed by atoms with van der Waals surface area (Å²) in [5.74, 6) is -0.375. The molecule has 1 aromatic carbocycles. The van der Waals surface area contributed by atoms with Gasteiger partial charge in [0.15, 0.2) is 4.96 Å². The zero-order valence-corrected chi connectivity index (χ0v) is 13.6. The van der Waals surface area contributed by atoms with Crippen molar-refractivity contribution in [1.29, 1.82) is 0 Å². The number of rotatable bonds is 4. The molecule has 0 unspecified atom stereocenters. The maximum absolute atomic E-state index is 11.3. The predicted octanol–water partition coefficient (Wildman–Crippen LogP) is 4.45. The molecule has 0 spiro atoms. The van der Waals surface area contributed by atoms with Gasteiger partial charge >= 0.3 is 5.97 Å². The van der Waals surface area contributed by atoms with Crippen LogP contribution in [0.4, 0.5) is 0 Å². The van der Waals surface area contributed by atoms with Crippen LogP contribution >= 0.6 is 11.3 Å². The van der Waals surface area contributed by atoms with E-state index in [1.54, 1.807) is 0 Å². The molecule has 0 radical (unpaired) electrons. The number of nitrogens with zero attached hydrogens (tertiary/aromatic N) is 2. The van der Waals surface area contributed by atoms with Gasteiger partial charge in [-0.15, -0.1) is 0 Å². The number of thiazole rings is 1. The van der Waals surface area contributed by atoms with Crippen molar-refractivity contribution in [3.63, 3.8) is 0 Å². The lowest BCUT2D eigenvalue weighted by Crippen LogP contribution is -1.99. The Balaban J connectivity index is 2.05. The molecule has 0 aliphatic rings. The molecule has 0 amide bonds. The van der Waals surface area contributed by atoms with Crippen LogP contribution in [0, 0.1) is 0 Å². The van der Waals surface area contributed by atoms with Crippen LogP contribution in [0.2, 0.25) is 0 Å². The highest BCUT2D eigenvalue weighted by Crippen LogP contribution is 2.28. The quantitative estimate of drug-likeness (QED) is 0.774. The number of hydrogen-bond acceptors (Lipinski definition) is 3. The van der Waals surface area contributed by atoms with E-state index in [0.29, 0.717) is 17.2 Å². The summed E-state index contributed by atoms with van der Waals surface area (Å²) in [5.41, 5.74) is 4.05. The Bertz CT molecular complexity index is 828. The molecule has 1 N–H and O–H groups in total. The van der Waals surface area contributed by atoms with E-state index in [-0.39, 0.29) is 0 Å². The van der Waals surface area contributed by atoms with Crippen molar-refractivity contribution < 1.29 is 9.90 Å². The van der Waals surface area contributed by atoms with Crippen molar-refractivity contribution in [1.82, 2.24) is 9.38 Å². The van der Waals surface area contributed by atoms with Gasteiger partial charge in [-0.25, -0.2) is 9.78 Å². The van der Waals surface area contributed by atoms with E-state index < -0.39 is 5.97 Å². The Hall–Kier alpha value is -2.14. The van der Waals surface area contributed by atoms with Crippen molar-refractivity contribution in [3.8, 4) is 11.3 Å². The molecule has 3 aromatic rings. The van der Waals surface area contributed by atoms with Gasteiger partial charge in [0, 0.05) is 17.5 Å². The van der Waals surface area contributed by atoms with E-state index in [2.05, 4.69) is 43.1 Å². The average molecular weight is 314 g/mol. The number of aryl methyl sites for hydroxylation is 1. The van der Waals surface area contributed by atoms with Gasteiger partial charge in [0.1, 0.15) is 4.88 Å². The number of carboxylic acids is 1. The molecule has 0 aliphatic heterocycles. The van der Waals surface area contributed by atoms with Crippen LogP contribution in [0.1, 0.15) is 47.6 Å². The first-order valence-corrected chi connectivity index (χ1v) is 8.17. The zero-order valence-electron chi connectivity index (χ0n) is 12.8. The first-order chi connectivity index (χ1) is 10.5. The smallest absolute Gasteiger partial charge is 0.347 e. The monoisotopic (exact) mass is 314 g/mol. The van der Waals surface area contributed by atoms with Gasteiger partial charge in [-0.3, -0.25) is 4.40 Å². The lowest BCUT2D eigenvalue weighted by atomic mass is 10.0. The molecule has 22 heavy (non-hydrogen) atoms. The Morgan fingerprint density at radius 1 is 1.32 bits per heavy atom. The molecule has 0 saturated heterocycles. The number of hydrogen-bond donors (Lipinski definition) is 1. The fraction of sp³-hybridized carbons (Fsp3) is 0.294. The third-order valence-electron chi connectivity index (χ3n) is 3.82. The van der Waals surface area contributed by atoms with E-state index in [4.69, 9.17) is 0 Å². The number of aromatic nitrogens is 2. The van der Waals surface area contributed by atoms with Crippen LogP contribution in [0.3, 0.4) is 0 Å². The molecular weight excluding hydrogens is 296 g/mol. The van der Waals surface area contributed by atoms with E-state index >= 15 is 0 Å². The van der Waals surface area contributed by atoms with E-state index in [1.165, 1.54) is 16.9 Å². The zero-order chi connectivity index (χ0) is 15.9. The van der Waals surface area contributed by atoms with Gasteiger partial charge in [-0.05, 0) is 17.9 Å². The fourth-order valence-corrected chi connectivity index (χ4v) is 3.60. The van der Waals surface area contributed by atoms with E-state index in [9.17, 15) is 9.90 Å². The maximum atomic E-state index is 11.3. The summed E-state index contributed by atoms with van der Waals surface area (Å²) < 4.78 is 1.90. The van der Waals surface area contributed by atoms with E-state index in [1.807, 2.05) is 17.5 Å². The number of imidazole rings is 1. The molecule has 0 saturated carbocycles. The highest BCUT2D eigenvalue weighted by atomic mass is 32.1. The van der Waals surface area contributed by atoms with Gasteiger partial charge in [-0.2, -0.15) is 0 Å². The summed E-state index contributed by atoms with van der Waals surface area (Å²) in [6.07, 6.45) is 2.60. The third kappa shape index (κ3) is 2.41. The second-order valence-electron chi connectivity index (χ2n) is 5.59. The van der Waals surface area contributed by atoms with Crippen LogP contribution in [0.5, 0.6) is 0 Å².